The quantitative estimate of drug-likeness (QED) is 0.835. The molecule has 0 bridgehead atoms. The van der Waals surface area contributed by atoms with E-state index in [1.807, 2.05) is 39.0 Å². The van der Waals surface area contributed by atoms with Crippen LogP contribution in [0.1, 0.15) is 30.7 Å². The van der Waals surface area contributed by atoms with E-state index in [9.17, 15) is 10.2 Å². The maximum Gasteiger partial charge on any atom is 0.129 e. The molecular weight excluding hydrogens is 254 g/mol. The topological polar surface area (TPSA) is 62.6 Å². The molecule has 3 rings (SSSR count). The van der Waals surface area contributed by atoms with E-state index in [0.717, 1.165) is 27.8 Å². The first-order chi connectivity index (χ1) is 9.40. The van der Waals surface area contributed by atoms with E-state index in [2.05, 4.69) is 4.98 Å². The zero-order chi connectivity index (χ0) is 14.5. The van der Waals surface area contributed by atoms with Gasteiger partial charge in [0.1, 0.15) is 11.4 Å². The highest BCUT2D eigenvalue weighted by molar-refractivity contribution is 5.85. The van der Waals surface area contributed by atoms with Crippen molar-refractivity contribution in [3.05, 3.63) is 35.0 Å². The summed E-state index contributed by atoms with van der Waals surface area (Å²) < 4.78 is 5.92. The first-order valence-electron chi connectivity index (χ1n) is 6.82. The van der Waals surface area contributed by atoms with Gasteiger partial charge in [0.2, 0.25) is 0 Å². The molecule has 0 saturated carbocycles. The number of pyridine rings is 1. The van der Waals surface area contributed by atoms with Gasteiger partial charge in [0.25, 0.3) is 0 Å². The number of aliphatic hydroxyl groups excluding tert-OH is 2. The second-order valence-electron chi connectivity index (χ2n) is 5.99. The highest BCUT2D eigenvalue weighted by Crippen LogP contribution is 2.36. The third-order valence-corrected chi connectivity index (χ3v) is 4.00. The molecule has 2 heterocycles. The van der Waals surface area contributed by atoms with Crippen molar-refractivity contribution < 1.29 is 14.9 Å². The lowest BCUT2D eigenvalue weighted by molar-refractivity contribution is -0.0410. The molecule has 1 unspecified atom stereocenters. The zero-order valence-electron chi connectivity index (χ0n) is 12.0. The SMILES string of the molecule is Cc1cc(CO)nc2cc3c(cc12)OC(C)(C)C(O)C3. The molecule has 2 aromatic rings. The van der Waals surface area contributed by atoms with Crippen molar-refractivity contribution in [2.75, 3.05) is 0 Å². The molecule has 1 aliphatic rings. The van der Waals surface area contributed by atoms with Crippen LogP contribution in [0.2, 0.25) is 0 Å². The third-order valence-electron chi connectivity index (χ3n) is 4.00. The molecule has 0 radical (unpaired) electrons. The number of aryl methyl sites for hydroxylation is 1. The Kier molecular flexibility index (Phi) is 2.96. The summed E-state index contributed by atoms with van der Waals surface area (Å²) in [5, 5.41) is 20.4. The fraction of sp³-hybridized carbons (Fsp3) is 0.438. The predicted octanol–water partition coefficient (Wildman–Crippen LogP) is 2.11. The molecule has 20 heavy (non-hydrogen) atoms. The molecule has 1 aromatic carbocycles. The van der Waals surface area contributed by atoms with Crippen LogP contribution in [0.4, 0.5) is 0 Å². The largest absolute Gasteiger partial charge is 0.485 e. The molecular formula is C16H19NO3. The number of hydrogen-bond acceptors (Lipinski definition) is 4. The van der Waals surface area contributed by atoms with Crippen LogP contribution in [-0.2, 0) is 13.0 Å². The van der Waals surface area contributed by atoms with Gasteiger partial charge < -0.3 is 14.9 Å². The number of nitrogens with zero attached hydrogens (tertiary/aromatic N) is 1. The molecule has 0 amide bonds. The Labute approximate surface area is 118 Å². The van der Waals surface area contributed by atoms with Crippen LogP contribution in [0, 0.1) is 6.92 Å². The minimum Gasteiger partial charge on any atom is -0.485 e. The number of rotatable bonds is 1. The van der Waals surface area contributed by atoms with Gasteiger partial charge in [0.05, 0.1) is 23.9 Å². The van der Waals surface area contributed by atoms with Crippen molar-refractivity contribution in [3.8, 4) is 5.75 Å². The van der Waals surface area contributed by atoms with Gasteiger partial charge in [0, 0.05) is 11.8 Å². The van der Waals surface area contributed by atoms with Crippen molar-refractivity contribution in [1.82, 2.24) is 4.98 Å². The van der Waals surface area contributed by atoms with E-state index in [0.29, 0.717) is 12.1 Å². The van der Waals surface area contributed by atoms with Gasteiger partial charge in [-0.05, 0) is 50.1 Å². The van der Waals surface area contributed by atoms with E-state index in [1.54, 1.807) is 0 Å². The average molecular weight is 273 g/mol. The molecule has 1 aromatic heterocycles. The van der Waals surface area contributed by atoms with Gasteiger partial charge in [-0.1, -0.05) is 0 Å². The fourth-order valence-corrected chi connectivity index (χ4v) is 2.68. The van der Waals surface area contributed by atoms with Gasteiger partial charge in [-0.3, -0.25) is 4.98 Å². The van der Waals surface area contributed by atoms with Crippen LogP contribution < -0.4 is 4.74 Å². The normalized spacial score (nSPS) is 20.6. The standard InChI is InChI=1S/C16H19NO3/c1-9-4-11(8-18)17-13-5-10-6-15(19)16(2,3)20-14(10)7-12(9)13/h4-5,7,15,18-19H,6,8H2,1-3H3. The van der Waals surface area contributed by atoms with Gasteiger partial charge in [-0.15, -0.1) is 0 Å². The summed E-state index contributed by atoms with van der Waals surface area (Å²) in [7, 11) is 0. The molecule has 1 atom stereocenters. The Bertz CT molecular complexity index is 679. The van der Waals surface area contributed by atoms with E-state index in [1.165, 1.54) is 0 Å². The number of aliphatic hydroxyl groups is 2. The fourth-order valence-electron chi connectivity index (χ4n) is 2.68. The lowest BCUT2D eigenvalue weighted by Gasteiger charge is -2.37. The van der Waals surface area contributed by atoms with Crippen LogP contribution in [0.5, 0.6) is 5.75 Å². The first-order valence-corrected chi connectivity index (χ1v) is 6.82. The smallest absolute Gasteiger partial charge is 0.129 e. The molecule has 4 heteroatoms. The van der Waals surface area contributed by atoms with Crippen LogP contribution in [0.25, 0.3) is 10.9 Å². The zero-order valence-corrected chi connectivity index (χ0v) is 12.0. The lowest BCUT2D eigenvalue weighted by Crippen LogP contribution is -2.46. The number of fused-ring (bicyclic) bond motifs is 2. The van der Waals surface area contributed by atoms with Crippen molar-refractivity contribution in [1.29, 1.82) is 0 Å². The van der Waals surface area contributed by atoms with E-state index >= 15 is 0 Å². The number of benzene rings is 1. The summed E-state index contributed by atoms with van der Waals surface area (Å²) in [6.45, 7) is 5.72. The van der Waals surface area contributed by atoms with Crippen LogP contribution in [0.15, 0.2) is 18.2 Å². The Morgan fingerprint density at radius 3 is 2.80 bits per heavy atom. The van der Waals surface area contributed by atoms with Gasteiger partial charge >= 0.3 is 0 Å². The molecule has 1 aliphatic heterocycles. The highest BCUT2D eigenvalue weighted by Gasteiger charge is 2.35. The molecule has 0 spiro atoms. The number of aromatic nitrogens is 1. The monoisotopic (exact) mass is 273 g/mol. The van der Waals surface area contributed by atoms with Crippen LogP contribution in [0.3, 0.4) is 0 Å². The summed E-state index contributed by atoms with van der Waals surface area (Å²) in [5.74, 6) is 0.814. The van der Waals surface area contributed by atoms with E-state index in [4.69, 9.17) is 4.74 Å². The molecule has 0 aliphatic carbocycles. The highest BCUT2D eigenvalue weighted by atomic mass is 16.5. The summed E-state index contributed by atoms with van der Waals surface area (Å²) in [6, 6.07) is 5.83. The maximum absolute atomic E-state index is 10.1. The Morgan fingerprint density at radius 1 is 1.35 bits per heavy atom. The molecule has 0 saturated heterocycles. The van der Waals surface area contributed by atoms with E-state index in [-0.39, 0.29) is 6.61 Å². The van der Waals surface area contributed by atoms with Crippen molar-refractivity contribution in [2.24, 2.45) is 0 Å². The lowest BCUT2D eigenvalue weighted by atomic mass is 9.90. The summed E-state index contributed by atoms with van der Waals surface area (Å²) in [4.78, 5) is 4.44. The average Bonchev–Trinajstić information content (AvgIpc) is 2.38. The number of ether oxygens (including phenoxy) is 1. The van der Waals surface area contributed by atoms with Gasteiger partial charge in [-0.2, -0.15) is 0 Å². The maximum atomic E-state index is 10.1. The summed E-state index contributed by atoms with van der Waals surface area (Å²) in [6.07, 6.45) is 0.0251. The van der Waals surface area contributed by atoms with E-state index < -0.39 is 11.7 Å². The summed E-state index contributed by atoms with van der Waals surface area (Å²) in [5.41, 5.74) is 2.95. The Balaban J connectivity index is 2.19. The minimum absolute atomic E-state index is 0.0694. The van der Waals surface area contributed by atoms with Crippen LogP contribution >= 0.6 is 0 Å². The molecule has 2 N–H and O–H groups in total. The molecule has 4 nitrogen and oxygen atoms in total. The van der Waals surface area contributed by atoms with Gasteiger partial charge in [-0.25, -0.2) is 0 Å². The predicted molar refractivity (Wildman–Crippen MR) is 76.8 cm³/mol. The second-order valence-corrected chi connectivity index (χ2v) is 5.99. The van der Waals surface area contributed by atoms with Crippen molar-refractivity contribution >= 4 is 10.9 Å². The third kappa shape index (κ3) is 2.05. The Hall–Kier alpha value is -1.65. The van der Waals surface area contributed by atoms with Gasteiger partial charge in [0.15, 0.2) is 0 Å². The molecule has 0 fully saturated rings. The molecule has 106 valence electrons. The van der Waals surface area contributed by atoms with Crippen molar-refractivity contribution in [2.45, 2.75) is 45.5 Å². The van der Waals surface area contributed by atoms with Crippen molar-refractivity contribution in [3.63, 3.8) is 0 Å². The minimum atomic E-state index is -0.576. The number of hydrogen-bond donors (Lipinski definition) is 2. The second kappa shape index (κ2) is 4.43. The first kappa shape index (κ1) is 13.3. The Morgan fingerprint density at radius 2 is 2.10 bits per heavy atom. The van der Waals surface area contributed by atoms with Crippen LogP contribution in [-0.4, -0.2) is 26.9 Å². The summed E-state index contributed by atoms with van der Waals surface area (Å²) >= 11 is 0.